The number of para-hydroxylation sites is 1. The minimum Gasteiger partial charge on any atom is -0.441 e. The second kappa shape index (κ2) is 7.09. The molecule has 3 heterocycles. The van der Waals surface area contributed by atoms with Crippen molar-refractivity contribution in [2.45, 2.75) is 38.2 Å². The number of urea groups is 1. The number of H-pyrrole nitrogens is 1. The number of rotatable bonds is 3. The van der Waals surface area contributed by atoms with Gasteiger partial charge in [0, 0.05) is 32.5 Å². The maximum Gasteiger partial charge on any atom is 0.407 e. The summed E-state index contributed by atoms with van der Waals surface area (Å²) in [5, 5.41) is 5.71. The van der Waals surface area contributed by atoms with Gasteiger partial charge < -0.3 is 25.3 Å². The smallest absolute Gasteiger partial charge is 0.407 e. The van der Waals surface area contributed by atoms with Crippen molar-refractivity contribution >= 4 is 23.2 Å². The molecule has 1 atom stereocenters. The van der Waals surface area contributed by atoms with E-state index in [-0.39, 0.29) is 12.1 Å². The van der Waals surface area contributed by atoms with Crippen LogP contribution in [0.1, 0.15) is 30.7 Å². The number of imidazole rings is 1. The van der Waals surface area contributed by atoms with Crippen molar-refractivity contribution < 1.29 is 14.3 Å². The number of carbonyl (C=O) groups is 2. The molecular formula is C19H25N5O3. The van der Waals surface area contributed by atoms with E-state index in [0.717, 1.165) is 35.3 Å². The van der Waals surface area contributed by atoms with E-state index in [1.165, 1.54) is 0 Å². The maximum absolute atomic E-state index is 12.5. The van der Waals surface area contributed by atoms with Crippen molar-refractivity contribution in [3.05, 3.63) is 29.6 Å². The van der Waals surface area contributed by atoms with E-state index in [9.17, 15) is 9.59 Å². The Balaban J connectivity index is 1.29. The molecular weight excluding hydrogens is 346 g/mol. The lowest BCUT2D eigenvalue weighted by Crippen LogP contribution is -2.42. The van der Waals surface area contributed by atoms with Crippen molar-refractivity contribution in [3.63, 3.8) is 0 Å². The zero-order valence-corrected chi connectivity index (χ0v) is 15.5. The molecule has 0 saturated carbocycles. The molecule has 1 spiro atoms. The van der Waals surface area contributed by atoms with Crippen LogP contribution in [0.5, 0.6) is 0 Å². The molecule has 8 heteroatoms. The molecule has 0 radical (unpaired) electrons. The average molecular weight is 371 g/mol. The molecule has 27 heavy (non-hydrogen) atoms. The summed E-state index contributed by atoms with van der Waals surface area (Å²) in [6.45, 7) is 4.36. The van der Waals surface area contributed by atoms with Crippen LogP contribution < -0.4 is 10.6 Å². The average Bonchev–Trinajstić information content (AvgIpc) is 3.15. The number of fused-ring (bicyclic) bond motifs is 1. The zero-order valence-electron chi connectivity index (χ0n) is 15.5. The summed E-state index contributed by atoms with van der Waals surface area (Å²) in [5.74, 6) is 0.873. The Bertz CT molecular complexity index is 864. The number of aromatic nitrogens is 2. The van der Waals surface area contributed by atoms with Crippen molar-refractivity contribution in [1.29, 1.82) is 0 Å². The fourth-order valence-corrected chi connectivity index (χ4v) is 3.90. The molecule has 4 rings (SSSR count). The van der Waals surface area contributed by atoms with E-state index in [0.29, 0.717) is 39.0 Å². The number of aryl methyl sites for hydroxylation is 1. The number of aromatic amines is 1. The minimum absolute atomic E-state index is 0.0726. The molecule has 3 N–H and O–H groups in total. The molecule has 144 valence electrons. The van der Waals surface area contributed by atoms with Crippen LogP contribution in [0.2, 0.25) is 0 Å². The van der Waals surface area contributed by atoms with Gasteiger partial charge in [0.15, 0.2) is 0 Å². The lowest BCUT2D eigenvalue weighted by Gasteiger charge is -2.25. The number of benzene rings is 1. The number of alkyl carbamates (subject to hydrolysis) is 1. The Morgan fingerprint density at radius 2 is 2.26 bits per heavy atom. The van der Waals surface area contributed by atoms with Gasteiger partial charge in [0.05, 0.1) is 17.6 Å². The monoisotopic (exact) mass is 371 g/mol. The first-order valence-corrected chi connectivity index (χ1v) is 9.49. The van der Waals surface area contributed by atoms with Gasteiger partial charge in [-0.2, -0.15) is 0 Å². The lowest BCUT2D eigenvalue weighted by molar-refractivity contribution is 0.0453. The Labute approximate surface area is 157 Å². The number of ether oxygens (including phenoxy) is 1. The van der Waals surface area contributed by atoms with Crippen molar-refractivity contribution in [2.24, 2.45) is 0 Å². The normalized spacial score (nSPS) is 22.6. The third kappa shape index (κ3) is 3.70. The largest absolute Gasteiger partial charge is 0.441 e. The van der Waals surface area contributed by atoms with Gasteiger partial charge in [-0.3, -0.25) is 0 Å². The Hall–Kier alpha value is -2.77. The molecule has 1 unspecified atom stereocenters. The summed E-state index contributed by atoms with van der Waals surface area (Å²) >= 11 is 0. The molecule has 8 nitrogen and oxygen atoms in total. The number of hydrogen-bond acceptors (Lipinski definition) is 4. The standard InChI is InChI=1S/C19H25N5O3/c1-13-4-2-5-14-16(13)23-15(22-14)6-9-20-17(25)24-10-3-7-19(8-11-24)12-21-18(26)27-19/h2,4-5H,3,6-12H2,1H3,(H,20,25)(H,21,26)(H,22,23). The molecule has 2 aromatic rings. The second-order valence-corrected chi connectivity index (χ2v) is 7.40. The van der Waals surface area contributed by atoms with E-state index in [1.54, 1.807) is 0 Å². The Morgan fingerprint density at radius 3 is 3.04 bits per heavy atom. The van der Waals surface area contributed by atoms with Crippen LogP contribution in [0.25, 0.3) is 11.0 Å². The first kappa shape index (κ1) is 17.6. The summed E-state index contributed by atoms with van der Waals surface area (Å²) in [7, 11) is 0. The van der Waals surface area contributed by atoms with Crippen LogP contribution in [0.15, 0.2) is 18.2 Å². The number of nitrogens with one attached hydrogen (secondary N) is 3. The van der Waals surface area contributed by atoms with E-state index in [1.807, 2.05) is 30.0 Å². The molecule has 2 aliphatic heterocycles. The van der Waals surface area contributed by atoms with E-state index >= 15 is 0 Å². The third-order valence-corrected chi connectivity index (χ3v) is 5.45. The predicted molar refractivity (Wildman–Crippen MR) is 101 cm³/mol. The third-order valence-electron chi connectivity index (χ3n) is 5.45. The number of likely N-dealkylation sites (tertiary alicyclic amines) is 1. The van der Waals surface area contributed by atoms with Gasteiger partial charge in [-0.05, 0) is 31.4 Å². The quantitative estimate of drug-likeness (QED) is 0.769. The number of amides is 3. The summed E-state index contributed by atoms with van der Waals surface area (Å²) in [6, 6.07) is 5.98. The van der Waals surface area contributed by atoms with Crippen LogP contribution in [-0.2, 0) is 11.2 Å². The summed E-state index contributed by atoms with van der Waals surface area (Å²) in [4.78, 5) is 33.6. The highest BCUT2D eigenvalue weighted by Crippen LogP contribution is 2.29. The van der Waals surface area contributed by atoms with Gasteiger partial charge in [-0.1, -0.05) is 12.1 Å². The highest BCUT2D eigenvalue weighted by atomic mass is 16.6. The maximum atomic E-state index is 12.5. The van der Waals surface area contributed by atoms with Crippen molar-refractivity contribution in [2.75, 3.05) is 26.2 Å². The molecule has 2 saturated heterocycles. The molecule has 1 aromatic carbocycles. The Morgan fingerprint density at radius 1 is 1.37 bits per heavy atom. The summed E-state index contributed by atoms with van der Waals surface area (Å²) < 4.78 is 5.45. The highest BCUT2D eigenvalue weighted by Gasteiger charge is 2.41. The van der Waals surface area contributed by atoms with Crippen LogP contribution in [-0.4, -0.2) is 58.8 Å². The molecule has 2 aliphatic rings. The van der Waals surface area contributed by atoms with Crippen LogP contribution in [0.3, 0.4) is 0 Å². The van der Waals surface area contributed by atoms with Gasteiger partial charge in [0.1, 0.15) is 11.4 Å². The van der Waals surface area contributed by atoms with E-state index in [4.69, 9.17) is 4.74 Å². The van der Waals surface area contributed by atoms with Crippen LogP contribution >= 0.6 is 0 Å². The number of nitrogens with zero attached hydrogens (tertiary/aromatic N) is 2. The summed E-state index contributed by atoms with van der Waals surface area (Å²) in [5.41, 5.74) is 2.70. The predicted octanol–water partition coefficient (Wildman–Crippen LogP) is 2.09. The molecule has 0 aliphatic carbocycles. The topological polar surface area (TPSA) is 99.4 Å². The molecule has 3 amide bonds. The SMILES string of the molecule is Cc1cccc2[nH]c(CCNC(=O)N3CCCC4(CC3)CNC(=O)O4)nc12. The van der Waals surface area contributed by atoms with Crippen LogP contribution in [0.4, 0.5) is 9.59 Å². The van der Waals surface area contributed by atoms with Gasteiger partial charge >= 0.3 is 12.1 Å². The first-order valence-electron chi connectivity index (χ1n) is 9.49. The Kier molecular flexibility index (Phi) is 4.63. The van der Waals surface area contributed by atoms with Gasteiger partial charge in [0.2, 0.25) is 0 Å². The molecule has 1 aromatic heterocycles. The van der Waals surface area contributed by atoms with Crippen LogP contribution in [0, 0.1) is 6.92 Å². The van der Waals surface area contributed by atoms with E-state index in [2.05, 4.69) is 20.6 Å². The fraction of sp³-hybridized carbons (Fsp3) is 0.526. The van der Waals surface area contributed by atoms with Crippen molar-refractivity contribution in [3.8, 4) is 0 Å². The highest BCUT2D eigenvalue weighted by molar-refractivity contribution is 5.78. The first-order chi connectivity index (χ1) is 13.0. The molecule has 2 fully saturated rings. The second-order valence-electron chi connectivity index (χ2n) is 7.40. The van der Waals surface area contributed by atoms with Gasteiger partial charge in [0.25, 0.3) is 0 Å². The zero-order chi connectivity index (χ0) is 18.9. The lowest BCUT2D eigenvalue weighted by atomic mass is 9.95. The van der Waals surface area contributed by atoms with Gasteiger partial charge in [-0.25, -0.2) is 14.6 Å². The molecule has 0 bridgehead atoms. The van der Waals surface area contributed by atoms with Crippen molar-refractivity contribution in [1.82, 2.24) is 25.5 Å². The van der Waals surface area contributed by atoms with Gasteiger partial charge in [-0.15, -0.1) is 0 Å². The number of carbonyl (C=O) groups excluding carboxylic acids is 2. The van der Waals surface area contributed by atoms with E-state index < -0.39 is 5.60 Å². The minimum atomic E-state index is -0.446. The number of hydrogen-bond donors (Lipinski definition) is 3. The summed E-state index contributed by atoms with van der Waals surface area (Å²) in [6.07, 6.45) is 2.58. The fourth-order valence-electron chi connectivity index (χ4n) is 3.90.